The molecule has 19 heavy (non-hydrogen) atoms. The fraction of sp³-hybridized carbons (Fsp3) is 0.625. The van der Waals surface area contributed by atoms with Gasteiger partial charge in [-0.1, -0.05) is 23.7 Å². The molecule has 0 radical (unpaired) electrons. The van der Waals surface area contributed by atoms with Crippen LogP contribution in [0.15, 0.2) is 24.3 Å². The number of nitrogens with zero attached hydrogens (tertiary/aromatic N) is 1. The zero-order chi connectivity index (χ0) is 13.9. The summed E-state index contributed by atoms with van der Waals surface area (Å²) >= 11 is 5.91. The molecule has 1 N–H and O–H groups in total. The van der Waals surface area contributed by atoms with Crippen LogP contribution < -0.4 is 5.32 Å². The van der Waals surface area contributed by atoms with Crippen molar-refractivity contribution in [1.29, 1.82) is 0 Å². The third-order valence-corrected chi connectivity index (χ3v) is 4.72. The molecule has 1 aliphatic rings. The number of halogens is 1. The molecular weight excluding hydrogens is 256 g/mol. The summed E-state index contributed by atoms with van der Waals surface area (Å²) in [7, 11) is 4.40. The van der Waals surface area contributed by atoms with Crippen molar-refractivity contribution in [2.75, 3.05) is 20.6 Å². The molecule has 0 spiro atoms. The zero-order valence-electron chi connectivity index (χ0n) is 12.2. The topological polar surface area (TPSA) is 15.3 Å². The minimum Gasteiger partial charge on any atom is -0.312 e. The molecule has 0 amide bonds. The van der Waals surface area contributed by atoms with E-state index in [9.17, 15) is 0 Å². The lowest BCUT2D eigenvalue weighted by atomic mass is 9.75. The second kappa shape index (κ2) is 6.25. The van der Waals surface area contributed by atoms with Crippen LogP contribution in [-0.4, -0.2) is 37.1 Å². The van der Waals surface area contributed by atoms with E-state index in [1.54, 1.807) is 0 Å². The van der Waals surface area contributed by atoms with Gasteiger partial charge in [0.05, 0.1) is 0 Å². The Morgan fingerprint density at radius 1 is 1.26 bits per heavy atom. The summed E-state index contributed by atoms with van der Waals surface area (Å²) in [5.41, 5.74) is 1.74. The summed E-state index contributed by atoms with van der Waals surface area (Å²) in [5.74, 6) is 0. The van der Waals surface area contributed by atoms with Gasteiger partial charge in [0, 0.05) is 23.1 Å². The highest BCUT2D eigenvalue weighted by molar-refractivity contribution is 6.30. The van der Waals surface area contributed by atoms with Gasteiger partial charge in [0.2, 0.25) is 0 Å². The van der Waals surface area contributed by atoms with Crippen LogP contribution in [0.4, 0.5) is 0 Å². The molecule has 2 nitrogen and oxygen atoms in total. The first-order valence-electron chi connectivity index (χ1n) is 7.17. The average Bonchev–Trinajstić information content (AvgIpc) is 2.30. The molecule has 1 aromatic carbocycles. The first kappa shape index (κ1) is 14.8. The van der Waals surface area contributed by atoms with Crippen molar-refractivity contribution in [3.63, 3.8) is 0 Å². The van der Waals surface area contributed by atoms with Crippen molar-refractivity contribution >= 4 is 11.6 Å². The fourth-order valence-corrected chi connectivity index (χ4v) is 2.90. The second-order valence-electron chi connectivity index (χ2n) is 6.08. The van der Waals surface area contributed by atoms with Crippen LogP contribution in [-0.2, 0) is 6.42 Å². The van der Waals surface area contributed by atoms with Gasteiger partial charge in [-0.15, -0.1) is 0 Å². The van der Waals surface area contributed by atoms with Crippen molar-refractivity contribution in [3.8, 4) is 0 Å². The van der Waals surface area contributed by atoms with Crippen LogP contribution in [0.3, 0.4) is 0 Å². The molecule has 0 heterocycles. The Kier molecular flexibility index (Phi) is 4.88. The molecule has 2 rings (SSSR count). The van der Waals surface area contributed by atoms with Crippen molar-refractivity contribution in [1.82, 2.24) is 10.2 Å². The maximum atomic E-state index is 5.91. The van der Waals surface area contributed by atoms with E-state index in [-0.39, 0.29) is 0 Å². The van der Waals surface area contributed by atoms with Gasteiger partial charge in [-0.2, -0.15) is 0 Å². The van der Waals surface area contributed by atoms with E-state index in [2.05, 4.69) is 43.4 Å². The maximum Gasteiger partial charge on any atom is 0.0406 e. The van der Waals surface area contributed by atoms with Gasteiger partial charge in [-0.3, -0.25) is 0 Å². The summed E-state index contributed by atoms with van der Waals surface area (Å²) in [5, 5.41) is 4.51. The van der Waals surface area contributed by atoms with Gasteiger partial charge in [0.15, 0.2) is 0 Å². The summed E-state index contributed by atoms with van der Waals surface area (Å²) in [4.78, 5) is 2.39. The monoisotopic (exact) mass is 280 g/mol. The summed E-state index contributed by atoms with van der Waals surface area (Å²) in [6.45, 7) is 3.35. The SMILES string of the molecule is CC(Cc1ccc(Cl)cc1)NCC1(N(C)C)CCC1. The lowest BCUT2D eigenvalue weighted by Crippen LogP contribution is -2.57. The predicted molar refractivity (Wildman–Crippen MR) is 82.9 cm³/mol. The largest absolute Gasteiger partial charge is 0.312 e. The normalized spacial score (nSPS) is 19.2. The summed E-state index contributed by atoms with van der Waals surface area (Å²) in [6.07, 6.45) is 5.06. The Morgan fingerprint density at radius 2 is 1.89 bits per heavy atom. The Bertz CT molecular complexity index is 396. The van der Waals surface area contributed by atoms with Gasteiger partial charge in [-0.05, 0) is 64.4 Å². The molecule has 1 fully saturated rings. The highest BCUT2D eigenvalue weighted by Crippen LogP contribution is 2.35. The minimum atomic E-state index is 0.397. The lowest BCUT2D eigenvalue weighted by Gasteiger charge is -2.48. The van der Waals surface area contributed by atoms with E-state index in [0.29, 0.717) is 11.6 Å². The van der Waals surface area contributed by atoms with E-state index in [1.807, 2.05) is 12.1 Å². The van der Waals surface area contributed by atoms with Crippen molar-refractivity contribution in [3.05, 3.63) is 34.9 Å². The molecule has 1 atom stereocenters. The third-order valence-electron chi connectivity index (χ3n) is 4.47. The minimum absolute atomic E-state index is 0.397. The van der Waals surface area contributed by atoms with E-state index < -0.39 is 0 Å². The van der Waals surface area contributed by atoms with Crippen molar-refractivity contribution in [2.24, 2.45) is 0 Å². The molecule has 1 aromatic rings. The second-order valence-corrected chi connectivity index (χ2v) is 6.52. The Labute approximate surface area is 122 Å². The molecule has 0 bridgehead atoms. The van der Waals surface area contributed by atoms with Gasteiger partial charge < -0.3 is 10.2 Å². The van der Waals surface area contributed by atoms with Crippen LogP contribution in [0.2, 0.25) is 5.02 Å². The third kappa shape index (κ3) is 3.71. The van der Waals surface area contributed by atoms with Crippen LogP contribution in [0.25, 0.3) is 0 Å². The smallest absolute Gasteiger partial charge is 0.0406 e. The fourth-order valence-electron chi connectivity index (χ4n) is 2.78. The predicted octanol–water partition coefficient (Wildman–Crippen LogP) is 3.34. The Hall–Kier alpha value is -0.570. The van der Waals surface area contributed by atoms with Gasteiger partial charge in [0.1, 0.15) is 0 Å². The van der Waals surface area contributed by atoms with Gasteiger partial charge in [0.25, 0.3) is 0 Å². The van der Waals surface area contributed by atoms with Crippen LogP contribution in [0.5, 0.6) is 0 Å². The molecule has 3 heteroatoms. The first-order chi connectivity index (χ1) is 9.02. The highest BCUT2D eigenvalue weighted by atomic mass is 35.5. The number of rotatable bonds is 6. The first-order valence-corrected chi connectivity index (χ1v) is 7.55. The maximum absolute atomic E-state index is 5.91. The number of benzene rings is 1. The zero-order valence-corrected chi connectivity index (χ0v) is 13.0. The van der Waals surface area contributed by atoms with Gasteiger partial charge in [-0.25, -0.2) is 0 Å². The highest BCUT2D eigenvalue weighted by Gasteiger charge is 2.38. The number of nitrogens with one attached hydrogen (secondary N) is 1. The van der Waals surface area contributed by atoms with E-state index in [1.165, 1.54) is 24.8 Å². The number of hydrogen-bond acceptors (Lipinski definition) is 2. The van der Waals surface area contributed by atoms with Crippen molar-refractivity contribution in [2.45, 2.75) is 44.2 Å². The lowest BCUT2D eigenvalue weighted by molar-refractivity contribution is 0.0577. The molecule has 1 unspecified atom stereocenters. The Morgan fingerprint density at radius 3 is 2.37 bits per heavy atom. The van der Waals surface area contributed by atoms with E-state index in [4.69, 9.17) is 11.6 Å². The summed E-state index contributed by atoms with van der Waals surface area (Å²) in [6, 6.07) is 8.67. The van der Waals surface area contributed by atoms with Gasteiger partial charge >= 0.3 is 0 Å². The van der Waals surface area contributed by atoms with E-state index >= 15 is 0 Å². The van der Waals surface area contributed by atoms with Crippen LogP contribution >= 0.6 is 11.6 Å². The van der Waals surface area contributed by atoms with E-state index in [0.717, 1.165) is 18.0 Å². The Balaban J connectivity index is 1.81. The molecule has 1 saturated carbocycles. The van der Waals surface area contributed by atoms with Crippen LogP contribution in [0.1, 0.15) is 31.7 Å². The summed E-state index contributed by atoms with van der Waals surface area (Å²) < 4.78 is 0. The standard InChI is InChI=1S/C16H25ClN2/c1-13(11-14-5-7-15(17)8-6-14)18-12-16(19(2)3)9-4-10-16/h5-8,13,18H,4,9-12H2,1-3H3. The van der Waals surface area contributed by atoms with Crippen molar-refractivity contribution < 1.29 is 0 Å². The number of likely N-dealkylation sites (N-methyl/N-ethyl adjacent to an activating group) is 1. The molecular formula is C16H25ClN2. The average molecular weight is 281 g/mol. The number of hydrogen-bond donors (Lipinski definition) is 1. The van der Waals surface area contributed by atoms with Crippen LogP contribution in [0, 0.1) is 0 Å². The molecule has 1 aliphatic carbocycles. The molecule has 0 aliphatic heterocycles. The molecule has 0 saturated heterocycles. The molecule has 0 aromatic heterocycles. The quantitative estimate of drug-likeness (QED) is 0.860. The molecule has 106 valence electrons.